The second-order valence-corrected chi connectivity index (χ2v) is 1.71. The van der Waals surface area contributed by atoms with Crippen LogP contribution in [0.2, 0.25) is 0 Å². The fourth-order valence-electron chi connectivity index (χ4n) is 0.430. The van der Waals surface area contributed by atoms with Gasteiger partial charge in [0, 0.05) is 10.1 Å². The number of aliphatic hydroxyl groups excluding tert-OH is 1. The first-order valence-electron chi connectivity index (χ1n) is 2.63. The summed E-state index contributed by atoms with van der Waals surface area (Å²) >= 11 is 0. The third-order valence-corrected chi connectivity index (χ3v) is 0.903. The number of hydrogen-bond acceptors (Lipinski definition) is 7. The van der Waals surface area contributed by atoms with Gasteiger partial charge in [0.1, 0.15) is 0 Å². The van der Waals surface area contributed by atoms with Crippen molar-refractivity contribution in [2.45, 2.75) is 12.5 Å². The number of carbonyl (C=O) groups excluding carboxylic acids is 2. The Morgan fingerprint density at radius 3 is 2.64 bits per heavy atom. The highest BCUT2D eigenvalue weighted by molar-refractivity contribution is 5.81. The molecule has 1 unspecified atom stereocenters. The lowest BCUT2D eigenvalue weighted by atomic mass is 10.3. The Balaban J connectivity index is 2.51. The molecule has 1 aliphatic heterocycles. The van der Waals surface area contributed by atoms with Gasteiger partial charge in [-0.1, -0.05) is 0 Å². The van der Waals surface area contributed by atoms with Crippen LogP contribution in [0.5, 0.6) is 0 Å². The van der Waals surface area contributed by atoms with Crippen LogP contribution in [0.1, 0.15) is 6.42 Å². The van der Waals surface area contributed by atoms with Crippen LogP contribution >= 0.6 is 0 Å². The molecule has 1 atom stereocenters. The van der Waals surface area contributed by atoms with Crippen LogP contribution in [0, 0.1) is 0 Å². The highest BCUT2D eigenvalue weighted by atomic mass is 17.7. The fourth-order valence-corrected chi connectivity index (χ4v) is 0.430. The number of rotatable bonds is 0. The molecule has 0 aromatic heterocycles. The van der Waals surface area contributed by atoms with Crippen LogP contribution in [0.4, 0.5) is 0 Å². The van der Waals surface area contributed by atoms with Crippen molar-refractivity contribution in [1.29, 1.82) is 0 Å². The van der Waals surface area contributed by atoms with Crippen LogP contribution in [0.15, 0.2) is 0 Å². The molecule has 62 valence electrons. The van der Waals surface area contributed by atoms with Gasteiger partial charge < -0.3 is 5.11 Å². The van der Waals surface area contributed by atoms with Crippen molar-refractivity contribution < 1.29 is 34.5 Å². The molecule has 0 aliphatic carbocycles. The summed E-state index contributed by atoms with van der Waals surface area (Å²) in [5.74, 6) is -2.03. The van der Waals surface area contributed by atoms with E-state index in [1.807, 2.05) is 0 Å². The van der Waals surface area contributed by atoms with E-state index in [0.717, 1.165) is 0 Å². The summed E-state index contributed by atoms with van der Waals surface area (Å²) in [6.45, 7) is 0. The maximum Gasteiger partial charge on any atom is 0.374 e. The summed E-state index contributed by atoms with van der Waals surface area (Å²) in [5, 5.41) is 15.9. The number of carbonyl (C=O) groups is 2. The van der Waals surface area contributed by atoms with Gasteiger partial charge in [-0.3, -0.25) is 9.78 Å². The van der Waals surface area contributed by atoms with E-state index in [-0.39, 0.29) is 0 Å². The van der Waals surface area contributed by atoms with Gasteiger partial charge in [-0.25, -0.2) is 9.59 Å². The van der Waals surface area contributed by atoms with Crippen molar-refractivity contribution in [3.63, 3.8) is 0 Å². The Morgan fingerprint density at radius 2 is 1.91 bits per heavy atom. The van der Waals surface area contributed by atoms with Crippen LogP contribution in [-0.4, -0.2) is 23.1 Å². The Kier molecular flexibility index (Phi) is 2.36. The van der Waals surface area contributed by atoms with Crippen LogP contribution in [0.3, 0.4) is 0 Å². The first-order valence-corrected chi connectivity index (χ1v) is 2.63. The van der Waals surface area contributed by atoms with Gasteiger partial charge in [-0.05, 0) is 0 Å². The lowest BCUT2D eigenvalue weighted by Gasteiger charge is -2.09. The maximum absolute atomic E-state index is 10.4. The molecule has 11 heavy (non-hydrogen) atoms. The first kappa shape index (κ1) is 7.92. The molecular weight excluding hydrogens is 160 g/mol. The summed E-state index contributed by atoms with van der Waals surface area (Å²) in [4.78, 5) is 28.4. The molecule has 0 aromatic carbocycles. The van der Waals surface area contributed by atoms with E-state index >= 15 is 0 Å². The lowest BCUT2D eigenvalue weighted by molar-refractivity contribution is -0.603. The van der Waals surface area contributed by atoms with Gasteiger partial charge in [0.25, 0.3) is 0 Å². The van der Waals surface area contributed by atoms with Gasteiger partial charge in [0.2, 0.25) is 0 Å². The molecule has 1 rings (SSSR count). The van der Waals surface area contributed by atoms with Gasteiger partial charge >= 0.3 is 11.9 Å². The molecule has 0 aromatic rings. The van der Waals surface area contributed by atoms with E-state index in [0.29, 0.717) is 0 Å². The first-order chi connectivity index (χ1) is 5.20. The summed E-state index contributed by atoms with van der Waals surface area (Å²) in [6, 6.07) is 0. The average Bonchev–Trinajstić information content (AvgIpc) is 1.95. The minimum Gasteiger partial charge on any atom is -0.381 e. The second kappa shape index (κ2) is 3.28. The zero-order valence-corrected chi connectivity index (χ0v) is 5.18. The molecule has 0 amide bonds. The summed E-state index contributed by atoms with van der Waals surface area (Å²) in [5.41, 5.74) is 0. The molecular formula is C4H4O7. The fraction of sp³-hybridized carbons (Fsp3) is 0.500. The quantitative estimate of drug-likeness (QED) is 0.441. The minimum atomic E-state index is -1.58. The van der Waals surface area contributed by atoms with Gasteiger partial charge in [-0.2, -0.15) is 0 Å². The van der Waals surface area contributed by atoms with Crippen molar-refractivity contribution >= 4 is 11.9 Å². The molecule has 7 nitrogen and oxygen atoms in total. The van der Waals surface area contributed by atoms with Gasteiger partial charge in [-0.15, -0.1) is 0 Å². The highest BCUT2D eigenvalue weighted by Crippen LogP contribution is 2.02. The summed E-state index contributed by atoms with van der Waals surface area (Å²) < 4.78 is 0. The minimum absolute atomic E-state index is 0.526. The van der Waals surface area contributed by atoms with Crippen molar-refractivity contribution in [2.24, 2.45) is 0 Å². The monoisotopic (exact) mass is 164 g/mol. The molecule has 1 saturated heterocycles. The molecule has 0 bridgehead atoms. The zero-order chi connectivity index (χ0) is 8.27. The maximum atomic E-state index is 10.4. The van der Waals surface area contributed by atoms with Crippen molar-refractivity contribution in [2.75, 3.05) is 0 Å². The van der Waals surface area contributed by atoms with Gasteiger partial charge in [0.05, 0.1) is 6.42 Å². The third-order valence-electron chi connectivity index (χ3n) is 0.903. The third kappa shape index (κ3) is 2.15. The smallest absolute Gasteiger partial charge is 0.374 e. The molecule has 1 fully saturated rings. The SMILES string of the molecule is O=C1CC(O)C(=O)OOOO1. The largest absolute Gasteiger partial charge is 0.381 e. The number of aliphatic hydroxyl groups is 1. The van der Waals surface area contributed by atoms with Crippen molar-refractivity contribution in [3.05, 3.63) is 0 Å². The van der Waals surface area contributed by atoms with Gasteiger partial charge in [0.15, 0.2) is 6.10 Å². The van der Waals surface area contributed by atoms with E-state index in [1.165, 1.54) is 0 Å². The molecule has 0 saturated carbocycles. The molecule has 7 heteroatoms. The summed E-state index contributed by atoms with van der Waals surface area (Å²) in [6.07, 6.45) is -2.10. The highest BCUT2D eigenvalue weighted by Gasteiger charge is 2.26. The molecule has 1 aliphatic rings. The predicted octanol–water partition coefficient (Wildman–Crippen LogP) is -1.38. The van der Waals surface area contributed by atoms with Crippen LogP contribution < -0.4 is 0 Å². The molecule has 1 N–H and O–H groups in total. The van der Waals surface area contributed by atoms with Crippen LogP contribution in [-0.2, 0) is 29.4 Å². The standard InChI is InChI=1S/C4H4O7/c5-2-1-3(6)8-10-11-9-4(2)7/h2,5H,1H2. The summed E-state index contributed by atoms with van der Waals surface area (Å²) in [7, 11) is 0. The molecule has 1 heterocycles. The zero-order valence-electron chi connectivity index (χ0n) is 5.18. The van der Waals surface area contributed by atoms with E-state index in [1.54, 1.807) is 0 Å². The van der Waals surface area contributed by atoms with E-state index in [2.05, 4.69) is 19.9 Å². The predicted molar refractivity (Wildman–Crippen MR) is 25.0 cm³/mol. The lowest BCUT2D eigenvalue weighted by Crippen LogP contribution is -2.29. The normalized spacial score (nSPS) is 26.5. The Hall–Kier alpha value is -1.18. The van der Waals surface area contributed by atoms with E-state index in [4.69, 9.17) is 5.11 Å². The van der Waals surface area contributed by atoms with Crippen molar-refractivity contribution in [1.82, 2.24) is 0 Å². The Bertz CT molecular complexity index is 175. The van der Waals surface area contributed by atoms with Crippen LogP contribution in [0.25, 0.3) is 0 Å². The Labute approximate surface area is 60.2 Å². The Morgan fingerprint density at radius 1 is 1.27 bits per heavy atom. The topological polar surface area (TPSA) is 91.3 Å². The average molecular weight is 164 g/mol. The number of hydrogen-bond donors (Lipinski definition) is 1. The second-order valence-electron chi connectivity index (χ2n) is 1.71. The molecule has 0 radical (unpaired) electrons. The van der Waals surface area contributed by atoms with Crippen molar-refractivity contribution in [3.8, 4) is 0 Å². The molecule has 0 spiro atoms. The van der Waals surface area contributed by atoms with E-state index < -0.39 is 24.5 Å². The van der Waals surface area contributed by atoms with E-state index in [9.17, 15) is 9.59 Å².